The number of nitrogens with two attached hydrogens (primary N) is 1. The van der Waals surface area contributed by atoms with Crippen molar-refractivity contribution in [3.05, 3.63) is 83.9 Å². The molecule has 0 aliphatic carbocycles. The van der Waals surface area contributed by atoms with Crippen LogP contribution in [0.15, 0.2) is 66.7 Å². The molecular formula is C25H18FN5O3. The molecule has 8 nitrogen and oxygen atoms in total. The summed E-state index contributed by atoms with van der Waals surface area (Å²) in [4.78, 5) is 21.8. The van der Waals surface area contributed by atoms with Crippen molar-refractivity contribution in [2.24, 2.45) is 0 Å². The molecule has 0 saturated heterocycles. The molecule has 1 amide bonds. The highest BCUT2D eigenvalue weighted by Crippen LogP contribution is 2.34. The molecule has 168 valence electrons. The van der Waals surface area contributed by atoms with Crippen molar-refractivity contribution >= 4 is 33.7 Å². The summed E-state index contributed by atoms with van der Waals surface area (Å²) in [6.07, 6.45) is 0. The molecule has 3 heterocycles. The number of hydrogen-bond acceptors (Lipinski definition) is 6. The van der Waals surface area contributed by atoms with Crippen LogP contribution in [0.2, 0.25) is 0 Å². The van der Waals surface area contributed by atoms with E-state index in [4.69, 9.17) is 15.2 Å². The van der Waals surface area contributed by atoms with Crippen LogP contribution in [0, 0.1) is 5.82 Å². The van der Waals surface area contributed by atoms with Crippen molar-refractivity contribution in [2.45, 2.75) is 6.54 Å². The van der Waals surface area contributed by atoms with E-state index in [-0.39, 0.29) is 30.8 Å². The summed E-state index contributed by atoms with van der Waals surface area (Å²) in [6.45, 7) is 0.418. The second-order valence-electron chi connectivity index (χ2n) is 7.83. The van der Waals surface area contributed by atoms with Gasteiger partial charge in [0, 0.05) is 11.9 Å². The van der Waals surface area contributed by atoms with Gasteiger partial charge >= 0.3 is 0 Å². The molecule has 9 heteroatoms. The third-order valence-electron chi connectivity index (χ3n) is 5.70. The number of halogens is 1. The first-order valence-corrected chi connectivity index (χ1v) is 10.6. The van der Waals surface area contributed by atoms with Crippen LogP contribution in [0.3, 0.4) is 0 Å². The van der Waals surface area contributed by atoms with Crippen molar-refractivity contribution in [3.63, 3.8) is 0 Å². The summed E-state index contributed by atoms with van der Waals surface area (Å²) < 4.78 is 26.5. The number of carbonyl (C=O) groups is 1. The van der Waals surface area contributed by atoms with Crippen LogP contribution >= 0.6 is 0 Å². The van der Waals surface area contributed by atoms with Crippen molar-refractivity contribution in [2.75, 3.05) is 12.5 Å². The lowest BCUT2D eigenvalue weighted by atomic mass is 10.2. The Morgan fingerprint density at radius 2 is 1.88 bits per heavy atom. The fraction of sp³-hybridized carbons (Fsp3) is 0.0800. The molecule has 3 N–H and O–H groups in total. The van der Waals surface area contributed by atoms with Crippen LogP contribution in [0.25, 0.3) is 27.6 Å². The zero-order valence-corrected chi connectivity index (χ0v) is 17.8. The Morgan fingerprint density at radius 3 is 2.76 bits per heavy atom. The molecule has 2 aromatic heterocycles. The molecule has 0 atom stereocenters. The number of rotatable bonds is 4. The van der Waals surface area contributed by atoms with E-state index in [2.05, 4.69) is 15.3 Å². The maximum Gasteiger partial charge on any atom is 0.289 e. The zero-order chi connectivity index (χ0) is 23.2. The van der Waals surface area contributed by atoms with E-state index >= 15 is 0 Å². The molecule has 0 saturated carbocycles. The van der Waals surface area contributed by atoms with Crippen molar-refractivity contribution in [3.8, 4) is 17.2 Å². The predicted molar refractivity (Wildman–Crippen MR) is 124 cm³/mol. The number of benzene rings is 3. The van der Waals surface area contributed by atoms with Crippen LogP contribution in [-0.4, -0.2) is 27.2 Å². The summed E-state index contributed by atoms with van der Waals surface area (Å²) in [6, 6.07) is 19.1. The van der Waals surface area contributed by atoms with Gasteiger partial charge in [-0.25, -0.2) is 14.4 Å². The van der Waals surface area contributed by atoms with Crippen LogP contribution in [-0.2, 0) is 6.54 Å². The number of ether oxygens (including phenoxy) is 2. The smallest absolute Gasteiger partial charge is 0.289 e. The quantitative estimate of drug-likeness (QED) is 0.425. The standard InChI is InChI=1S/C25H18FN5O3/c26-15-4-3-5-16(11-15)31-18-7-2-1-6-17(18)21-22(27)29-23(30-24(21)31)25(32)28-12-14-8-9-19-20(10-14)34-13-33-19/h1-11H,12-13H2,(H,28,32)(H2,27,29,30). The first-order chi connectivity index (χ1) is 16.6. The van der Waals surface area contributed by atoms with E-state index in [9.17, 15) is 9.18 Å². The van der Waals surface area contributed by atoms with Crippen LogP contribution in [0.5, 0.6) is 11.5 Å². The molecule has 0 bridgehead atoms. The van der Waals surface area contributed by atoms with Gasteiger partial charge in [0.1, 0.15) is 11.6 Å². The van der Waals surface area contributed by atoms with Crippen LogP contribution in [0.1, 0.15) is 16.2 Å². The zero-order valence-electron chi connectivity index (χ0n) is 17.8. The van der Waals surface area contributed by atoms with Gasteiger partial charge in [0.15, 0.2) is 17.1 Å². The molecule has 0 spiro atoms. The normalized spacial score (nSPS) is 12.4. The highest BCUT2D eigenvalue weighted by atomic mass is 19.1. The van der Waals surface area contributed by atoms with Gasteiger partial charge in [0.2, 0.25) is 12.6 Å². The van der Waals surface area contributed by atoms with E-state index in [1.807, 2.05) is 36.4 Å². The molecule has 6 rings (SSSR count). The van der Waals surface area contributed by atoms with E-state index < -0.39 is 5.91 Å². The number of nitrogens with one attached hydrogen (secondary N) is 1. The van der Waals surface area contributed by atoms with Gasteiger partial charge in [-0.1, -0.05) is 30.3 Å². The molecule has 1 aliphatic rings. The third-order valence-corrected chi connectivity index (χ3v) is 5.70. The lowest BCUT2D eigenvalue weighted by Gasteiger charge is -2.09. The minimum Gasteiger partial charge on any atom is -0.454 e. The second kappa shape index (κ2) is 7.73. The Labute approximate surface area is 192 Å². The Balaban J connectivity index is 1.41. The summed E-state index contributed by atoms with van der Waals surface area (Å²) in [5, 5.41) is 4.23. The first-order valence-electron chi connectivity index (χ1n) is 10.6. The fourth-order valence-electron chi connectivity index (χ4n) is 4.17. The number of nitrogen functional groups attached to an aromatic ring is 1. The number of amides is 1. The van der Waals surface area contributed by atoms with Gasteiger partial charge in [-0.2, -0.15) is 0 Å². The van der Waals surface area contributed by atoms with Gasteiger partial charge in [-0.05, 0) is 42.0 Å². The molecule has 0 unspecified atom stereocenters. The molecule has 0 fully saturated rings. The van der Waals surface area contributed by atoms with Gasteiger partial charge in [0.25, 0.3) is 5.91 Å². The Morgan fingerprint density at radius 1 is 1.03 bits per heavy atom. The maximum atomic E-state index is 14.0. The van der Waals surface area contributed by atoms with E-state index in [1.165, 1.54) is 12.1 Å². The molecular weight excluding hydrogens is 437 g/mol. The van der Waals surface area contributed by atoms with E-state index in [0.29, 0.717) is 28.2 Å². The predicted octanol–water partition coefficient (Wildman–Crippen LogP) is 3.95. The Hall–Kier alpha value is -4.66. The molecule has 3 aromatic carbocycles. The SMILES string of the molecule is Nc1nc(C(=O)NCc2ccc3c(c2)OCO3)nc2c1c1ccccc1n2-c1cccc(F)c1. The Kier molecular flexibility index (Phi) is 4.54. The third kappa shape index (κ3) is 3.25. The Bertz CT molecular complexity index is 1600. The number of carbonyl (C=O) groups excluding carboxylic acids is 1. The van der Waals surface area contributed by atoms with Gasteiger partial charge in [-0.15, -0.1) is 0 Å². The second-order valence-corrected chi connectivity index (χ2v) is 7.83. The van der Waals surface area contributed by atoms with Crippen LogP contribution in [0.4, 0.5) is 10.2 Å². The number of aromatic nitrogens is 3. The molecule has 1 aliphatic heterocycles. The summed E-state index contributed by atoms with van der Waals surface area (Å²) in [5.74, 6) is 0.528. The largest absolute Gasteiger partial charge is 0.454 e. The summed E-state index contributed by atoms with van der Waals surface area (Å²) >= 11 is 0. The lowest BCUT2D eigenvalue weighted by Crippen LogP contribution is -2.25. The van der Waals surface area contributed by atoms with E-state index in [1.54, 1.807) is 22.8 Å². The first kappa shape index (κ1) is 20.0. The lowest BCUT2D eigenvalue weighted by molar-refractivity contribution is 0.0941. The number of hydrogen-bond donors (Lipinski definition) is 2. The van der Waals surface area contributed by atoms with Gasteiger partial charge in [0.05, 0.1) is 16.6 Å². The molecule has 0 radical (unpaired) electrons. The topological polar surface area (TPSA) is 104 Å². The van der Waals surface area contributed by atoms with Crippen molar-refractivity contribution in [1.82, 2.24) is 19.9 Å². The maximum absolute atomic E-state index is 14.0. The summed E-state index contributed by atoms with van der Waals surface area (Å²) in [7, 11) is 0. The van der Waals surface area contributed by atoms with Crippen molar-refractivity contribution in [1.29, 1.82) is 0 Å². The average Bonchev–Trinajstić information content (AvgIpc) is 3.44. The number of fused-ring (bicyclic) bond motifs is 4. The van der Waals surface area contributed by atoms with Gasteiger partial charge in [-0.3, -0.25) is 9.36 Å². The average molecular weight is 455 g/mol. The fourth-order valence-corrected chi connectivity index (χ4v) is 4.17. The highest BCUT2D eigenvalue weighted by Gasteiger charge is 2.21. The summed E-state index contributed by atoms with van der Waals surface area (Å²) in [5.41, 5.74) is 8.90. The van der Waals surface area contributed by atoms with E-state index in [0.717, 1.165) is 16.5 Å². The van der Waals surface area contributed by atoms with Gasteiger partial charge < -0.3 is 20.5 Å². The monoisotopic (exact) mass is 455 g/mol. The highest BCUT2D eigenvalue weighted by molar-refractivity contribution is 6.13. The van der Waals surface area contributed by atoms with Crippen LogP contribution < -0.4 is 20.5 Å². The molecule has 5 aromatic rings. The van der Waals surface area contributed by atoms with Crippen molar-refractivity contribution < 1.29 is 18.7 Å². The minimum absolute atomic E-state index is 0.0776. The number of anilines is 1. The number of para-hydroxylation sites is 1. The number of nitrogens with zero attached hydrogens (tertiary/aromatic N) is 3. The minimum atomic E-state index is -0.484. The molecule has 34 heavy (non-hydrogen) atoms.